The van der Waals surface area contributed by atoms with Crippen molar-refractivity contribution in [3.63, 3.8) is 0 Å². The lowest BCUT2D eigenvalue weighted by Gasteiger charge is -2.49. The van der Waals surface area contributed by atoms with E-state index in [0.29, 0.717) is 6.42 Å². The number of amides is 1. The molecule has 1 aromatic rings. The van der Waals surface area contributed by atoms with Gasteiger partial charge in [0.25, 0.3) is 0 Å². The molecule has 1 N–H and O–H groups in total. The molecular weight excluding hydrogens is 518 g/mol. The predicted octanol–water partition coefficient (Wildman–Crippen LogP) is 6.14. The highest BCUT2D eigenvalue weighted by Gasteiger charge is 2.68. The molecule has 0 radical (unpaired) electrons. The fraction of sp³-hybridized carbons (Fsp3) is 0.600. The van der Waals surface area contributed by atoms with Crippen LogP contribution in [0.5, 0.6) is 0 Å². The zero-order valence-corrected chi connectivity index (χ0v) is 23.8. The molecule has 3 rings (SSSR count). The van der Waals surface area contributed by atoms with Gasteiger partial charge in [-0.05, 0) is 42.1 Å². The number of hydrogen-bond donors (Lipinski definition) is 1. The van der Waals surface area contributed by atoms with Crippen LogP contribution >= 0.6 is 27.7 Å². The Labute approximate surface area is 211 Å². The third kappa shape index (κ3) is 4.48. The number of carboxylic acid groups (broad SMARTS) is 1. The van der Waals surface area contributed by atoms with Crippen LogP contribution in [0, 0.1) is 5.92 Å². The van der Waals surface area contributed by atoms with Gasteiger partial charge in [0.05, 0.1) is 22.1 Å². The molecule has 5 nitrogen and oxygen atoms in total. The highest BCUT2D eigenvalue weighted by molar-refractivity contribution is 9.08. The second-order valence-corrected chi connectivity index (χ2v) is 17.3. The van der Waals surface area contributed by atoms with Gasteiger partial charge in [-0.2, -0.15) is 0 Å². The maximum Gasteiger partial charge on any atom is 0.328 e. The fourth-order valence-corrected chi connectivity index (χ4v) is 8.48. The molecule has 0 aromatic heterocycles. The van der Waals surface area contributed by atoms with Crippen LogP contribution < -0.4 is 0 Å². The minimum atomic E-state index is -2.09. The van der Waals surface area contributed by atoms with E-state index in [2.05, 4.69) is 63.3 Å². The molecule has 1 aromatic carbocycles. The normalized spacial score (nSPS) is 28.3. The topological polar surface area (TPSA) is 66.8 Å². The lowest BCUT2D eigenvalue weighted by molar-refractivity contribution is -0.168. The third-order valence-electron chi connectivity index (χ3n) is 7.51. The first-order valence-electron chi connectivity index (χ1n) is 11.5. The number of fused-ring (bicyclic) bond motifs is 1. The lowest BCUT2D eigenvalue weighted by atomic mass is 9.82. The van der Waals surface area contributed by atoms with E-state index in [1.807, 2.05) is 24.3 Å². The zero-order valence-electron chi connectivity index (χ0n) is 20.4. The molecule has 2 saturated heterocycles. The molecule has 0 spiro atoms. The van der Waals surface area contributed by atoms with Crippen LogP contribution in [0.15, 0.2) is 36.9 Å². The number of carbonyl (C=O) groups excluding carboxylic acids is 1. The van der Waals surface area contributed by atoms with Crippen LogP contribution in [-0.2, 0) is 24.1 Å². The van der Waals surface area contributed by atoms with Crippen molar-refractivity contribution in [2.24, 2.45) is 5.92 Å². The minimum Gasteiger partial charge on any atom is -0.480 e. The second kappa shape index (κ2) is 9.51. The molecule has 1 amide bonds. The smallest absolute Gasteiger partial charge is 0.328 e. The summed E-state index contributed by atoms with van der Waals surface area (Å²) in [5, 5.41) is 10.8. The number of allylic oxidation sites excluding steroid dienone is 1. The standard InChI is InChI=1S/C25H36BrNO4SSi/c1-8-14-25(17-12-10-16(15-26)11-13-17)20(23(29)30)27-21(28)19(22(27)32-25)18(9-2)31-33(6,7)24(3,4)5/h8,10-13,18-20,22H,1,9,14-15H2,2-7H3,(H,29,30)/t18-,19+,20?,22+,25?/m0/s1. The molecule has 2 heterocycles. The molecule has 0 saturated carbocycles. The molecule has 8 heteroatoms. The summed E-state index contributed by atoms with van der Waals surface area (Å²) in [4.78, 5) is 27.6. The van der Waals surface area contributed by atoms with Crippen LogP contribution in [0.3, 0.4) is 0 Å². The van der Waals surface area contributed by atoms with Crippen molar-refractivity contribution in [1.29, 1.82) is 0 Å². The molecule has 5 atom stereocenters. The SMILES string of the molecule is C=CCC1(c2ccc(CBr)cc2)S[C@@H]2[C@H]([C@H](CC)O[Si](C)(C)C(C)(C)C)C(=O)N2C1C(=O)O. The van der Waals surface area contributed by atoms with E-state index in [4.69, 9.17) is 4.43 Å². The van der Waals surface area contributed by atoms with E-state index < -0.39 is 25.1 Å². The van der Waals surface area contributed by atoms with Crippen molar-refractivity contribution in [3.8, 4) is 0 Å². The molecule has 2 aliphatic rings. The van der Waals surface area contributed by atoms with Crippen molar-refractivity contribution in [1.82, 2.24) is 4.90 Å². The summed E-state index contributed by atoms with van der Waals surface area (Å²) in [6, 6.07) is 7.09. The van der Waals surface area contributed by atoms with E-state index in [0.717, 1.165) is 22.9 Å². The van der Waals surface area contributed by atoms with Gasteiger partial charge < -0.3 is 14.4 Å². The number of rotatable bonds is 9. The summed E-state index contributed by atoms with van der Waals surface area (Å²) in [7, 11) is -2.09. The first-order valence-corrected chi connectivity index (χ1v) is 16.4. The van der Waals surface area contributed by atoms with Gasteiger partial charge in [-0.15, -0.1) is 18.3 Å². The van der Waals surface area contributed by atoms with Gasteiger partial charge in [0.15, 0.2) is 8.32 Å². The molecule has 0 bridgehead atoms. The average Bonchev–Trinajstić information content (AvgIpc) is 3.04. The molecule has 2 fully saturated rings. The van der Waals surface area contributed by atoms with E-state index in [1.165, 1.54) is 0 Å². The number of thioether (sulfide) groups is 1. The van der Waals surface area contributed by atoms with Crippen molar-refractivity contribution in [3.05, 3.63) is 48.0 Å². The number of alkyl halides is 1. The van der Waals surface area contributed by atoms with Gasteiger partial charge in [-0.25, -0.2) is 4.79 Å². The highest BCUT2D eigenvalue weighted by atomic mass is 79.9. The Morgan fingerprint density at radius 1 is 1.36 bits per heavy atom. The first kappa shape index (κ1) is 26.5. The number of halogens is 1. The van der Waals surface area contributed by atoms with Crippen molar-refractivity contribution < 1.29 is 19.1 Å². The number of carbonyl (C=O) groups is 2. The maximum atomic E-state index is 13.5. The number of nitrogens with zero attached hydrogens (tertiary/aromatic N) is 1. The Hall–Kier alpha value is -1.09. The molecule has 0 aliphatic carbocycles. The van der Waals surface area contributed by atoms with E-state index >= 15 is 0 Å². The summed E-state index contributed by atoms with van der Waals surface area (Å²) in [6.07, 6.45) is 2.75. The molecular formula is C25H36BrNO4SSi. The first-order chi connectivity index (χ1) is 15.3. The number of aliphatic carboxylic acids is 1. The minimum absolute atomic E-state index is 0.0308. The number of hydrogen-bond acceptors (Lipinski definition) is 4. The van der Waals surface area contributed by atoms with Gasteiger partial charge in [0, 0.05) is 5.33 Å². The van der Waals surface area contributed by atoms with Gasteiger partial charge in [0.1, 0.15) is 6.04 Å². The van der Waals surface area contributed by atoms with Crippen molar-refractivity contribution in [2.75, 3.05) is 0 Å². The van der Waals surface area contributed by atoms with Gasteiger partial charge in [0.2, 0.25) is 5.91 Å². The Balaban J connectivity index is 2.00. The summed E-state index contributed by atoms with van der Waals surface area (Å²) >= 11 is 5.07. The van der Waals surface area contributed by atoms with E-state index in [-0.39, 0.29) is 28.3 Å². The van der Waals surface area contributed by atoms with Gasteiger partial charge in [-0.1, -0.05) is 74.0 Å². The van der Waals surface area contributed by atoms with E-state index in [9.17, 15) is 14.7 Å². The largest absolute Gasteiger partial charge is 0.480 e. The van der Waals surface area contributed by atoms with Crippen LogP contribution in [0.1, 0.15) is 51.7 Å². The average molecular weight is 555 g/mol. The Kier molecular flexibility index (Phi) is 7.64. The Morgan fingerprint density at radius 3 is 2.42 bits per heavy atom. The number of β-lactam (4-membered cyclic amide) rings is 1. The number of benzene rings is 1. The molecule has 2 aliphatic heterocycles. The Bertz CT molecular complexity index is 916. The van der Waals surface area contributed by atoms with Crippen LogP contribution in [-0.4, -0.2) is 47.7 Å². The summed E-state index contributed by atoms with van der Waals surface area (Å²) in [5.74, 6) is -1.40. The van der Waals surface area contributed by atoms with Gasteiger partial charge >= 0.3 is 5.97 Å². The summed E-state index contributed by atoms with van der Waals surface area (Å²) in [5.41, 5.74) is 2.04. The fourth-order valence-electron chi connectivity index (χ4n) is 4.64. The predicted molar refractivity (Wildman–Crippen MR) is 141 cm³/mol. The maximum absolute atomic E-state index is 13.5. The highest BCUT2D eigenvalue weighted by Crippen LogP contribution is 2.61. The zero-order chi connectivity index (χ0) is 24.8. The second-order valence-electron chi connectivity index (χ2n) is 10.6. The molecule has 182 valence electrons. The van der Waals surface area contributed by atoms with Crippen molar-refractivity contribution in [2.45, 2.75) is 86.3 Å². The number of carboxylic acids is 1. The summed E-state index contributed by atoms with van der Waals surface area (Å²) < 4.78 is 5.92. The quantitative estimate of drug-likeness (QED) is 0.172. The van der Waals surface area contributed by atoms with E-state index in [1.54, 1.807) is 22.7 Å². The van der Waals surface area contributed by atoms with Crippen LogP contribution in [0.2, 0.25) is 18.1 Å². The lowest BCUT2D eigenvalue weighted by Crippen LogP contribution is -2.66. The van der Waals surface area contributed by atoms with Crippen molar-refractivity contribution >= 4 is 47.9 Å². The monoisotopic (exact) mass is 553 g/mol. The van der Waals surface area contributed by atoms with Crippen LogP contribution in [0.25, 0.3) is 0 Å². The molecule has 2 unspecified atom stereocenters. The third-order valence-corrected chi connectivity index (χ3v) is 14.5. The van der Waals surface area contributed by atoms with Gasteiger partial charge in [-0.3, -0.25) is 4.79 Å². The Morgan fingerprint density at radius 2 is 1.97 bits per heavy atom. The van der Waals surface area contributed by atoms with Crippen LogP contribution in [0.4, 0.5) is 0 Å². The summed E-state index contributed by atoms with van der Waals surface area (Å²) in [6.45, 7) is 17.0. The molecule has 33 heavy (non-hydrogen) atoms.